The summed E-state index contributed by atoms with van der Waals surface area (Å²) < 4.78 is 13.0. The van der Waals surface area contributed by atoms with Crippen LogP contribution < -0.4 is 0 Å². The fourth-order valence-electron chi connectivity index (χ4n) is 1.55. The summed E-state index contributed by atoms with van der Waals surface area (Å²) in [6.07, 6.45) is 11.4. The predicted octanol–water partition coefficient (Wildman–Crippen LogP) is 4.55. The number of allylic oxidation sites excluding steroid dienone is 6. The van der Waals surface area contributed by atoms with Gasteiger partial charge in [0, 0.05) is 0 Å². The molecule has 0 aromatic heterocycles. The van der Waals surface area contributed by atoms with Crippen LogP contribution in [0.2, 0.25) is 0 Å². The minimum Gasteiger partial charge on any atom is -0.207 e. The van der Waals surface area contributed by atoms with Gasteiger partial charge < -0.3 is 0 Å². The lowest BCUT2D eigenvalue weighted by molar-refractivity contribution is 0.556. The van der Waals surface area contributed by atoms with Crippen LogP contribution in [0.1, 0.15) is 39.5 Å². The number of hydrogen-bond donors (Lipinski definition) is 0. The molecule has 0 saturated heterocycles. The minimum absolute atomic E-state index is 0.0884. The summed E-state index contributed by atoms with van der Waals surface area (Å²) in [5.74, 6) is 0.653. The van der Waals surface area contributed by atoms with Crippen molar-refractivity contribution in [2.45, 2.75) is 39.5 Å². The topological polar surface area (TPSA) is 0 Å². The third kappa shape index (κ3) is 4.40. The molecule has 1 rings (SSSR count). The molecule has 0 amide bonds. The second-order valence-corrected chi connectivity index (χ2v) is 4.23. The fourth-order valence-corrected chi connectivity index (χ4v) is 1.55. The molecular formula is C13H19F. The van der Waals surface area contributed by atoms with E-state index in [4.69, 9.17) is 0 Å². The smallest absolute Gasteiger partial charge is 0.119 e. The van der Waals surface area contributed by atoms with E-state index in [2.05, 4.69) is 13.8 Å². The Hall–Kier alpha value is -0.850. The molecular weight excluding hydrogens is 175 g/mol. The first-order chi connectivity index (χ1) is 6.68. The van der Waals surface area contributed by atoms with Gasteiger partial charge in [-0.05, 0) is 42.9 Å². The summed E-state index contributed by atoms with van der Waals surface area (Å²) in [5.41, 5.74) is 1.12. The van der Waals surface area contributed by atoms with Gasteiger partial charge >= 0.3 is 0 Å². The molecule has 1 heteroatoms. The normalized spacial score (nSPS) is 16.6. The molecule has 0 aliphatic heterocycles. The van der Waals surface area contributed by atoms with Crippen molar-refractivity contribution < 1.29 is 4.39 Å². The zero-order chi connectivity index (χ0) is 10.4. The van der Waals surface area contributed by atoms with E-state index < -0.39 is 0 Å². The van der Waals surface area contributed by atoms with Gasteiger partial charge in [0.25, 0.3) is 0 Å². The molecule has 0 aromatic carbocycles. The van der Waals surface area contributed by atoms with E-state index in [1.165, 1.54) is 6.42 Å². The van der Waals surface area contributed by atoms with Crippen LogP contribution >= 0.6 is 0 Å². The van der Waals surface area contributed by atoms with E-state index in [1.807, 2.05) is 12.2 Å². The average Bonchev–Trinajstić information content (AvgIpc) is 2.29. The van der Waals surface area contributed by atoms with Gasteiger partial charge in [-0.3, -0.25) is 0 Å². The molecule has 78 valence electrons. The Morgan fingerprint density at radius 3 is 2.93 bits per heavy atom. The first-order valence-corrected chi connectivity index (χ1v) is 5.41. The molecule has 1 aliphatic rings. The summed E-state index contributed by atoms with van der Waals surface area (Å²) in [4.78, 5) is 0. The van der Waals surface area contributed by atoms with Crippen molar-refractivity contribution in [1.82, 2.24) is 0 Å². The van der Waals surface area contributed by atoms with Crippen LogP contribution in [0.4, 0.5) is 4.39 Å². The predicted molar refractivity (Wildman–Crippen MR) is 59.7 cm³/mol. The van der Waals surface area contributed by atoms with Crippen molar-refractivity contribution in [3.05, 3.63) is 35.7 Å². The Morgan fingerprint density at radius 1 is 1.43 bits per heavy atom. The summed E-state index contributed by atoms with van der Waals surface area (Å²) in [6, 6.07) is 0. The molecule has 0 bridgehead atoms. The summed E-state index contributed by atoms with van der Waals surface area (Å²) in [7, 11) is 0. The fraction of sp³-hybridized carbons (Fsp3) is 0.538. The van der Waals surface area contributed by atoms with Crippen LogP contribution in [0.5, 0.6) is 0 Å². The summed E-state index contributed by atoms with van der Waals surface area (Å²) in [5, 5.41) is 0. The molecule has 0 saturated carbocycles. The van der Waals surface area contributed by atoms with E-state index in [9.17, 15) is 4.39 Å². The highest BCUT2D eigenvalue weighted by Crippen LogP contribution is 2.18. The Bertz CT molecular complexity index is 256. The Labute approximate surface area is 86.2 Å². The molecule has 0 aromatic rings. The van der Waals surface area contributed by atoms with Gasteiger partial charge in [-0.1, -0.05) is 32.4 Å². The van der Waals surface area contributed by atoms with Crippen LogP contribution in [-0.4, -0.2) is 0 Å². The molecule has 0 heterocycles. The van der Waals surface area contributed by atoms with Gasteiger partial charge in [0.2, 0.25) is 0 Å². The van der Waals surface area contributed by atoms with Crippen molar-refractivity contribution in [2.24, 2.45) is 5.92 Å². The van der Waals surface area contributed by atoms with Crippen LogP contribution in [0, 0.1) is 5.92 Å². The van der Waals surface area contributed by atoms with Crippen molar-refractivity contribution in [2.75, 3.05) is 0 Å². The van der Waals surface area contributed by atoms with Crippen molar-refractivity contribution in [3.63, 3.8) is 0 Å². The first-order valence-electron chi connectivity index (χ1n) is 5.41. The monoisotopic (exact) mass is 194 g/mol. The standard InChI is InChI=1S/C13H19F/c1-11(2)6-5-8-12-7-3-4-9-13(14)10-12/h3,7,9-11H,4-6,8H2,1-2H3. The Morgan fingerprint density at radius 2 is 2.21 bits per heavy atom. The second kappa shape index (κ2) is 5.79. The van der Waals surface area contributed by atoms with Gasteiger partial charge in [-0.15, -0.1) is 0 Å². The number of hydrogen-bond acceptors (Lipinski definition) is 0. The Kier molecular flexibility index (Phi) is 4.64. The molecule has 0 unspecified atom stereocenters. The largest absolute Gasteiger partial charge is 0.207 e. The zero-order valence-corrected chi connectivity index (χ0v) is 9.09. The van der Waals surface area contributed by atoms with Crippen LogP contribution in [0.3, 0.4) is 0 Å². The summed E-state index contributed by atoms with van der Waals surface area (Å²) >= 11 is 0. The molecule has 0 nitrogen and oxygen atoms in total. The summed E-state index contributed by atoms with van der Waals surface area (Å²) in [6.45, 7) is 4.44. The highest BCUT2D eigenvalue weighted by atomic mass is 19.1. The Balaban J connectivity index is 2.39. The average molecular weight is 194 g/mol. The lowest BCUT2D eigenvalue weighted by Gasteiger charge is -2.04. The molecule has 0 N–H and O–H groups in total. The maximum Gasteiger partial charge on any atom is 0.119 e. The van der Waals surface area contributed by atoms with E-state index in [-0.39, 0.29) is 5.83 Å². The van der Waals surface area contributed by atoms with Gasteiger partial charge in [0.1, 0.15) is 5.83 Å². The third-order valence-electron chi connectivity index (χ3n) is 2.35. The highest BCUT2D eigenvalue weighted by molar-refractivity contribution is 5.30. The van der Waals surface area contributed by atoms with E-state index in [0.717, 1.165) is 30.8 Å². The number of rotatable bonds is 4. The lowest BCUT2D eigenvalue weighted by atomic mass is 10.0. The quantitative estimate of drug-likeness (QED) is 0.615. The second-order valence-electron chi connectivity index (χ2n) is 4.23. The number of halogens is 1. The molecule has 0 fully saturated rings. The van der Waals surface area contributed by atoms with E-state index >= 15 is 0 Å². The van der Waals surface area contributed by atoms with Crippen molar-refractivity contribution >= 4 is 0 Å². The molecule has 0 spiro atoms. The molecule has 0 radical (unpaired) electrons. The van der Waals surface area contributed by atoms with Crippen LogP contribution in [0.25, 0.3) is 0 Å². The maximum absolute atomic E-state index is 13.0. The molecule has 0 atom stereocenters. The highest BCUT2D eigenvalue weighted by Gasteiger charge is 2.00. The van der Waals surface area contributed by atoms with Crippen molar-refractivity contribution in [3.8, 4) is 0 Å². The molecule has 1 aliphatic carbocycles. The lowest BCUT2D eigenvalue weighted by Crippen LogP contribution is -1.88. The maximum atomic E-state index is 13.0. The first kappa shape index (κ1) is 11.2. The van der Waals surface area contributed by atoms with Crippen molar-refractivity contribution in [1.29, 1.82) is 0 Å². The minimum atomic E-state index is -0.0884. The SMILES string of the molecule is CC(C)CCCC1=CC(F)=CCC=C1. The van der Waals surface area contributed by atoms with Crippen LogP contribution in [0.15, 0.2) is 35.7 Å². The van der Waals surface area contributed by atoms with Crippen LogP contribution in [-0.2, 0) is 0 Å². The van der Waals surface area contributed by atoms with E-state index in [0.29, 0.717) is 0 Å². The van der Waals surface area contributed by atoms with Gasteiger partial charge in [0.15, 0.2) is 0 Å². The zero-order valence-electron chi connectivity index (χ0n) is 9.09. The van der Waals surface area contributed by atoms with E-state index in [1.54, 1.807) is 12.2 Å². The third-order valence-corrected chi connectivity index (χ3v) is 2.35. The van der Waals surface area contributed by atoms with Gasteiger partial charge in [-0.25, -0.2) is 4.39 Å². The van der Waals surface area contributed by atoms with Gasteiger partial charge in [0.05, 0.1) is 0 Å². The molecule has 14 heavy (non-hydrogen) atoms. The van der Waals surface area contributed by atoms with Gasteiger partial charge in [-0.2, -0.15) is 0 Å².